The van der Waals surface area contributed by atoms with Gasteiger partial charge in [0.1, 0.15) is 0 Å². The molecule has 1 aliphatic rings. The molecule has 20 heavy (non-hydrogen) atoms. The molecule has 1 aromatic carbocycles. The summed E-state index contributed by atoms with van der Waals surface area (Å²) in [7, 11) is -4.18. The van der Waals surface area contributed by atoms with Gasteiger partial charge in [-0.2, -0.15) is 4.39 Å². The molecule has 3 N–H and O–H groups in total. The van der Waals surface area contributed by atoms with Gasteiger partial charge < -0.3 is 5.73 Å². The molecule has 0 spiro atoms. The van der Waals surface area contributed by atoms with Gasteiger partial charge in [-0.1, -0.05) is 6.07 Å². The second kappa shape index (κ2) is 5.08. The molecule has 1 aliphatic carbocycles. The van der Waals surface area contributed by atoms with Crippen LogP contribution in [0.1, 0.15) is 19.3 Å². The number of benzene rings is 1. The molecule has 0 unspecified atom stereocenters. The van der Waals surface area contributed by atoms with E-state index in [1.807, 2.05) is 0 Å². The molecule has 1 aromatic rings. The lowest BCUT2D eigenvalue weighted by atomic mass is 9.78. The first-order chi connectivity index (χ1) is 9.25. The molecule has 0 amide bonds. The van der Waals surface area contributed by atoms with E-state index in [0.29, 0.717) is 12.8 Å². The highest BCUT2D eigenvalue weighted by molar-refractivity contribution is 7.89. The van der Waals surface area contributed by atoms with E-state index in [4.69, 9.17) is 5.73 Å². The van der Waals surface area contributed by atoms with E-state index in [0.717, 1.165) is 24.6 Å². The molecule has 0 aromatic heterocycles. The number of nitrogens with one attached hydrogen (secondary N) is 1. The Morgan fingerprint density at radius 1 is 1.45 bits per heavy atom. The molecule has 0 aliphatic heterocycles. The molecule has 0 bridgehead atoms. The number of para-hydroxylation sites is 1. The van der Waals surface area contributed by atoms with Crippen molar-refractivity contribution in [1.29, 1.82) is 0 Å². The molecular weight excluding hydrogens is 289 g/mol. The van der Waals surface area contributed by atoms with Gasteiger partial charge in [0.05, 0.1) is 4.92 Å². The summed E-state index contributed by atoms with van der Waals surface area (Å²) >= 11 is 0. The van der Waals surface area contributed by atoms with E-state index in [1.165, 1.54) is 0 Å². The second-order valence-electron chi connectivity index (χ2n) is 4.88. The lowest BCUT2D eigenvalue weighted by molar-refractivity contribution is -0.390. The second-order valence-corrected chi connectivity index (χ2v) is 6.62. The third-order valence-electron chi connectivity index (χ3n) is 3.39. The monoisotopic (exact) mass is 303 g/mol. The van der Waals surface area contributed by atoms with Crippen LogP contribution < -0.4 is 10.5 Å². The van der Waals surface area contributed by atoms with E-state index in [1.54, 1.807) is 0 Å². The Labute approximate surface area is 115 Å². The van der Waals surface area contributed by atoms with Crippen molar-refractivity contribution in [3.63, 3.8) is 0 Å². The third-order valence-corrected chi connectivity index (χ3v) is 4.82. The van der Waals surface area contributed by atoms with Gasteiger partial charge in [0.25, 0.3) is 0 Å². The quantitative estimate of drug-likeness (QED) is 0.619. The largest absolute Gasteiger partial charge is 0.324 e. The highest BCUT2D eigenvalue weighted by atomic mass is 32.2. The minimum Gasteiger partial charge on any atom is -0.324 e. The summed E-state index contributed by atoms with van der Waals surface area (Å²) in [6, 6.07) is 2.94. The fraction of sp³-hybridized carbons (Fsp3) is 0.455. The van der Waals surface area contributed by atoms with E-state index in [2.05, 4.69) is 4.72 Å². The van der Waals surface area contributed by atoms with Crippen LogP contribution >= 0.6 is 0 Å². The van der Waals surface area contributed by atoms with Gasteiger partial charge in [0.2, 0.25) is 15.8 Å². The summed E-state index contributed by atoms with van der Waals surface area (Å²) < 4.78 is 39.8. The van der Waals surface area contributed by atoms with Crippen LogP contribution in [0.3, 0.4) is 0 Å². The summed E-state index contributed by atoms with van der Waals surface area (Å²) in [5, 5.41) is 10.8. The van der Waals surface area contributed by atoms with Crippen molar-refractivity contribution >= 4 is 15.7 Å². The maximum atomic E-state index is 13.4. The Bertz CT molecular complexity index is 643. The summed E-state index contributed by atoms with van der Waals surface area (Å²) in [5.41, 5.74) is 4.21. The maximum Gasteiger partial charge on any atom is 0.324 e. The molecule has 9 heteroatoms. The highest BCUT2D eigenvalue weighted by Crippen LogP contribution is 2.30. The van der Waals surface area contributed by atoms with Crippen molar-refractivity contribution in [3.8, 4) is 0 Å². The van der Waals surface area contributed by atoms with E-state index < -0.39 is 36.9 Å². The molecule has 0 saturated heterocycles. The Kier molecular flexibility index (Phi) is 3.76. The number of hydrogen-bond acceptors (Lipinski definition) is 5. The summed E-state index contributed by atoms with van der Waals surface area (Å²) in [4.78, 5) is 9.07. The van der Waals surface area contributed by atoms with Gasteiger partial charge in [-0.05, 0) is 31.4 Å². The summed E-state index contributed by atoms with van der Waals surface area (Å²) in [6.45, 7) is -0.0248. The van der Waals surface area contributed by atoms with Crippen LogP contribution in [0.2, 0.25) is 0 Å². The average Bonchev–Trinajstić information content (AvgIpc) is 2.33. The topological polar surface area (TPSA) is 115 Å². The van der Waals surface area contributed by atoms with E-state index in [-0.39, 0.29) is 6.54 Å². The molecule has 1 fully saturated rings. The van der Waals surface area contributed by atoms with Gasteiger partial charge >= 0.3 is 5.69 Å². The zero-order chi connectivity index (χ0) is 15.0. The van der Waals surface area contributed by atoms with Crippen LogP contribution in [0, 0.1) is 15.9 Å². The molecule has 110 valence electrons. The minimum atomic E-state index is -4.18. The van der Waals surface area contributed by atoms with Crippen LogP contribution in [0.15, 0.2) is 23.1 Å². The molecular formula is C11H14FN3O4S. The van der Waals surface area contributed by atoms with Gasteiger partial charge in [0.15, 0.2) is 4.90 Å². The predicted octanol–water partition coefficient (Wildman–Crippen LogP) is 0.894. The lowest BCUT2D eigenvalue weighted by Crippen LogP contribution is -2.54. The fourth-order valence-corrected chi connectivity index (χ4v) is 3.33. The van der Waals surface area contributed by atoms with Gasteiger partial charge in [0, 0.05) is 12.1 Å². The first kappa shape index (κ1) is 14.8. The fourth-order valence-electron chi connectivity index (χ4n) is 2.01. The van der Waals surface area contributed by atoms with Crippen LogP contribution in [0.25, 0.3) is 0 Å². The number of halogens is 1. The normalized spacial score (nSPS) is 17.5. The molecule has 0 heterocycles. The zero-order valence-electron chi connectivity index (χ0n) is 10.5. The first-order valence-corrected chi connectivity index (χ1v) is 7.45. The third kappa shape index (κ3) is 2.79. The number of nitrogens with two attached hydrogens (primary N) is 1. The summed E-state index contributed by atoms with van der Waals surface area (Å²) in [5.74, 6) is -1.19. The highest BCUT2D eigenvalue weighted by Gasteiger charge is 2.35. The minimum absolute atomic E-state index is 0.0248. The van der Waals surface area contributed by atoms with Crippen LogP contribution in [0.4, 0.5) is 10.1 Å². The maximum absolute atomic E-state index is 13.4. The number of sulfonamides is 1. The van der Waals surface area contributed by atoms with E-state index in [9.17, 15) is 22.9 Å². The van der Waals surface area contributed by atoms with Crippen LogP contribution in [-0.2, 0) is 10.0 Å². The van der Waals surface area contributed by atoms with Crippen molar-refractivity contribution in [3.05, 3.63) is 34.1 Å². The Morgan fingerprint density at radius 2 is 2.10 bits per heavy atom. The first-order valence-electron chi connectivity index (χ1n) is 5.97. The van der Waals surface area contributed by atoms with Crippen molar-refractivity contribution in [2.45, 2.75) is 29.7 Å². The van der Waals surface area contributed by atoms with Crippen LogP contribution in [-0.4, -0.2) is 25.4 Å². The van der Waals surface area contributed by atoms with Gasteiger partial charge in [-0.15, -0.1) is 0 Å². The lowest BCUT2D eigenvalue weighted by Gasteiger charge is -2.37. The smallest absolute Gasteiger partial charge is 0.324 e. The van der Waals surface area contributed by atoms with Crippen LogP contribution in [0.5, 0.6) is 0 Å². The van der Waals surface area contributed by atoms with Crippen molar-refractivity contribution < 1.29 is 17.7 Å². The SMILES string of the molecule is NC1(CNS(=O)(=O)c2cccc(F)c2[N+](=O)[O-])CCC1. The number of hydrogen-bond donors (Lipinski definition) is 2. The Hall–Kier alpha value is -1.58. The van der Waals surface area contributed by atoms with Crippen molar-refractivity contribution in [1.82, 2.24) is 4.72 Å². The zero-order valence-corrected chi connectivity index (χ0v) is 11.3. The standard InChI is InChI=1S/C11H14FN3O4S/c12-8-3-1-4-9(10(8)15(16)17)20(18,19)14-7-11(13)5-2-6-11/h1,3-4,14H,2,5-7,13H2. The van der Waals surface area contributed by atoms with Gasteiger partial charge in [-0.3, -0.25) is 10.1 Å². The Balaban J connectivity index is 2.30. The molecule has 0 radical (unpaired) electrons. The number of nitrogens with zero attached hydrogens (tertiary/aromatic N) is 1. The molecule has 1 saturated carbocycles. The number of rotatable bonds is 5. The average molecular weight is 303 g/mol. The predicted molar refractivity (Wildman–Crippen MR) is 69.0 cm³/mol. The number of nitro groups is 1. The molecule has 2 rings (SSSR count). The van der Waals surface area contributed by atoms with E-state index >= 15 is 0 Å². The molecule has 7 nitrogen and oxygen atoms in total. The Morgan fingerprint density at radius 3 is 2.60 bits per heavy atom. The van der Waals surface area contributed by atoms with Gasteiger partial charge in [-0.25, -0.2) is 13.1 Å². The molecule has 0 atom stereocenters. The number of nitro benzene ring substituents is 1. The van der Waals surface area contributed by atoms with Crippen molar-refractivity contribution in [2.75, 3.05) is 6.54 Å². The summed E-state index contributed by atoms with van der Waals surface area (Å²) in [6.07, 6.45) is 2.28. The van der Waals surface area contributed by atoms with Crippen molar-refractivity contribution in [2.24, 2.45) is 5.73 Å².